The van der Waals surface area contributed by atoms with Crippen LogP contribution in [-0.2, 0) is 6.54 Å². The fraction of sp³-hybridized carbons (Fsp3) is 0.154. The lowest BCUT2D eigenvalue weighted by atomic mass is 10.2. The first-order chi connectivity index (χ1) is 8.13. The van der Waals surface area contributed by atoms with Crippen LogP contribution in [-0.4, -0.2) is 4.98 Å². The molecule has 2 nitrogen and oxygen atoms in total. The summed E-state index contributed by atoms with van der Waals surface area (Å²) in [6.07, 6.45) is 2.85. The summed E-state index contributed by atoms with van der Waals surface area (Å²) in [5.74, 6) is -0.310. The molecule has 2 aromatic rings. The monoisotopic (exact) mass is 294 g/mol. The fourth-order valence-corrected chi connectivity index (χ4v) is 2.20. The molecule has 0 saturated carbocycles. The topological polar surface area (TPSA) is 24.9 Å². The number of aryl methyl sites for hydroxylation is 1. The van der Waals surface area contributed by atoms with Crippen LogP contribution in [0, 0.1) is 12.7 Å². The number of nitrogens with one attached hydrogen (secondary N) is 1. The predicted octanol–water partition coefficient (Wildman–Crippen LogP) is 3.90. The van der Waals surface area contributed by atoms with Crippen LogP contribution in [0.15, 0.2) is 41.1 Å². The smallest absolute Gasteiger partial charge is 0.141 e. The van der Waals surface area contributed by atoms with Gasteiger partial charge in [0.15, 0.2) is 0 Å². The van der Waals surface area contributed by atoms with E-state index >= 15 is 0 Å². The van der Waals surface area contributed by atoms with Crippen LogP contribution < -0.4 is 5.32 Å². The van der Waals surface area contributed by atoms with Crippen molar-refractivity contribution in [3.8, 4) is 0 Å². The summed E-state index contributed by atoms with van der Waals surface area (Å²) in [4.78, 5) is 3.81. The highest BCUT2D eigenvalue weighted by atomic mass is 79.9. The van der Waals surface area contributed by atoms with Gasteiger partial charge in [-0.25, -0.2) is 4.39 Å². The van der Waals surface area contributed by atoms with Gasteiger partial charge in [-0.05, 0) is 42.3 Å². The average molecular weight is 295 g/mol. The van der Waals surface area contributed by atoms with Crippen LogP contribution in [0.2, 0.25) is 0 Å². The Morgan fingerprint density at radius 2 is 2.06 bits per heavy atom. The standard InChI is InChI=1S/C13H12BrFN2/c1-9-2-11(14)5-13(3-9)17-7-10-4-12(15)8-16-6-10/h2-6,8,17H,7H2,1H3. The molecule has 0 aliphatic rings. The van der Waals surface area contributed by atoms with E-state index in [9.17, 15) is 4.39 Å². The van der Waals surface area contributed by atoms with Crippen molar-refractivity contribution in [3.05, 3.63) is 58.1 Å². The molecule has 0 bridgehead atoms. The molecule has 0 unspecified atom stereocenters. The zero-order valence-electron chi connectivity index (χ0n) is 9.37. The molecule has 88 valence electrons. The minimum Gasteiger partial charge on any atom is -0.381 e. The molecule has 0 amide bonds. The molecule has 1 N–H and O–H groups in total. The van der Waals surface area contributed by atoms with Crippen LogP contribution in [0.1, 0.15) is 11.1 Å². The Balaban J connectivity index is 2.07. The van der Waals surface area contributed by atoms with E-state index in [0.29, 0.717) is 6.54 Å². The number of hydrogen-bond acceptors (Lipinski definition) is 2. The summed E-state index contributed by atoms with van der Waals surface area (Å²) in [7, 11) is 0. The third kappa shape index (κ3) is 3.53. The highest BCUT2D eigenvalue weighted by molar-refractivity contribution is 9.10. The van der Waals surface area contributed by atoms with Gasteiger partial charge in [0.2, 0.25) is 0 Å². The van der Waals surface area contributed by atoms with Gasteiger partial charge in [-0.3, -0.25) is 4.98 Å². The van der Waals surface area contributed by atoms with Gasteiger partial charge >= 0.3 is 0 Å². The molecule has 2 rings (SSSR count). The van der Waals surface area contributed by atoms with E-state index in [1.807, 2.05) is 25.1 Å². The first-order valence-corrected chi connectivity index (χ1v) is 6.03. The molecular weight excluding hydrogens is 283 g/mol. The zero-order chi connectivity index (χ0) is 12.3. The van der Waals surface area contributed by atoms with Crippen molar-refractivity contribution >= 4 is 21.6 Å². The minimum absolute atomic E-state index is 0.310. The van der Waals surface area contributed by atoms with Crippen molar-refractivity contribution in [3.63, 3.8) is 0 Å². The molecule has 0 aliphatic carbocycles. The molecule has 1 heterocycles. The quantitative estimate of drug-likeness (QED) is 0.928. The Morgan fingerprint density at radius 3 is 2.76 bits per heavy atom. The molecule has 1 aromatic carbocycles. The number of benzene rings is 1. The van der Waals surface area contributed by atoms with Gasteiger partial charge in [0.05, 0.1) is 6.20 Å². The SMILES string of the molecule is Cc1cc(Br)cc(NCc2cncc(F)c2)c1. The second-order valence-electron chi connectivity index (χ2n) is 3.88. The highest BCUT2D eigenvalue weighted by Gasteiger charge is 1.98. The summed E-state index contributed by atoms with van der Waals surface area (Å²) in [6.45, 7) is 2.58. The molecule has 0 spiro atoms. The molecule has 0 radical (unpaired) electrons. The predicted molar refractivity (Wildman–Crippen MR) is 70.4 cm³/mol. The molecule has 0 aliphatic heterocycles. The van der Waals surface area contributed by atoms with Gasteiger partial charge in [-0.1, -0.05) is 15.9 Å². The van der Waals surface area contributed by atoms with Gasteiger partial charge in [0.1, 0.15) is 5.82 Å². The molecule has 0 saturated heterocycles. The maximum absolute atomic E-state index is 12.9. The highest BCUT2D eigenvalue weighted by Crippen LogP contribution is 2.19. The molecule has 17 heavy (non-hydrogen) atoms. The lowest BCUT2D eigenvalue weighted by Gasteiger charge is -2.08. The van der Waals surface area contributed by atoms with Crippen LogP contribution >= 0.6 is 15.9 Å². The Hall–Kier alpha value is -1.42. The van der Waals surface area contributed by atoms with Crippen LogP contribution in [0.5, 0.6) is 0 Å². The number of hydrogen-bond donors (Lipinski definition) is 1. The van der Waals surface area contributed by atoms with Crippen molar-refractivity contribution in [2.75, 3.05) is 5.32 Å². The lowest BCUT2D eigenvalue weighted by molar-refractivity contribution is 0.619. The fourth-order valence-electron chi connectivity index (χ4n) is 1.60. The largest absolute Gasteiger partial charge is 0.381 e. The van der Waals surface area contributed by atoms with Crippen molar-refractivity contribution in [2.45, 2.75) is 13.5 Å². The van der Waals surface area contributed by atoms with Crippen LogP contribution in [0.25, 0.3) is 0 Å². The van der Waals surface area contributed by atoms with E-state index in [-0.39, 0.29) is 5.82 Å². The van der Waals surface area contributed by atoms with Crippen LogP contribution in [0.4, 0.5) is 10.1 Å². The van der Waals surface area contributed by atoms with E-state index in [2.05, 4.69) is 26.2 Å². The van der Waals surface area contributed by atoms with Crippen molar-refractivity contribution < 1.29 is 4.39 Å². The molecular formula is C13H12BrFN2. The maximum Gasteiger partial charge on any atom is 0.141 e. The first kappa shape index (κ1) is 12.0. The lowest BCUT2D eigenvalue weighted by Crippen LogP contribution is -2.00. The van der Waals surface area contributed by atoms with E-state index in [1.54, 1.807) is 6.20 Å². The van der Waals surface area contributed by atoms with Gasteiger partial charge in [-0.2, -0.15) is 0 Å². The normalized spacial score (nSPS) is 10.3. The first-order valence-electron chi connectivity index (χ1n) is 5.24. The summed E-state index contributed by atoms with van der Waals surface area (Å²) in [5.41, 5.74) is 2.99. The number of nitrogens with zero attached hydrogens (tertiary/aromatic N) is 1. The summed E-state index contributed by atoms with van der Waals surface area (Å²) < 4.78 is 13.9. The van der Waals surface area contributed by atoms with Gasteiger partial charge < -0.3 is 5.32 Å². The van der Waals surface area contributed by atoms with Crippen molar-refractivity contribution in [2.24, 2.45) is 0 Å². The van der Waals surface area contributed by atoms with E-state index in [1.165, 1.54) is 17.8 Å². The second kappa shape index (κ2) is 5.27. The Bertz CT molecular complexity index is 508. The Labute approximate surface area is 108 Å². The van der Waals surface area contributed by atoms with Crippen molar-refractivity contribution in [1.29, 1.82) is 0 Å². The van der Waals surface area contributed by atoms with Crippen LogP contribution in [0.3, 0.4) is 0 Å². The third-order valence-corrected chi connectivity index (χ3v) is 2.76. The number of pyridine rings is 1. The number of anilines is 1. The minimum atomic E-state index is -0.310. The van der Waals surface area contributed by atoms with E-state index in [4.69, 9.17) is 0 Å². The Kier molecular flexibility index (Phi) is 3.74. The molecule has 4 heteroatoms. The summed E-state index contributed by atoms with van der Waals surface area (Å²) in [5, 5.41) is 3.23. The second-order valence-corrected chi connectivity index (χ2v) is 4.80. The molecule has 0 atom stereocenters. The van der Waals surface area contributed by atoms with Gasteiger partial charge in [0, 0.05) is 22.9 Å². The number of halogens is 2. The summed E-state index contributed by atoms with van der Waals surface area (Å²) in [6, 6.07) is 7.54. The van der Waals surface area contributed by atoms with Crippen molar-refractivity contribution in [1.82, 2.24) is 4.98 Å². The van der Waals surface area contributed by atoms with Gasteiger partial charge in [0.25, 0.3) is 0 Å². The maximum atomic E-state index is 12.9. The van der Waals surface area contributed by atoms with E-state index < -0.39 is 0 Å². The number of rotatable bonds is 3. The average Bonchev–Trinajstić information content (AvgIpc) is 2.25. The molecule has 0 fully saturated rings. The van der Waals surface area contributed by atoms with Gasteiger partial charge in [-0.15, -0.1) is 0 Å². The number of aromatic nitrogens is 1. The zero-order valence-corrected chi connectivity index (χ0v) is 11.0. The summed E-state index contributed by atoms with van der Waals surface area (Å²) >= 11 is 3.44. The Morgan fingerprint density at radius 1 is 1.24 bits per heavy atom. The molecule has 1 aromatic heterocycles. The van der Waals surface area contributed by atoms with E-state index in [0.717, 1.165) is 15.7 Å². The third-order valence-electron chi connectivity index (χ3n) is 2.30.